The zero-order valence-corrected chi connectivity index (χ0v) is 13.6. The molecule has 1 aromatic heterocycles. The number of benzene rings is 1. The summed E-state index contributed by atoms with van der Waals surface area (Å²) in [5, 5.41) is 15.6. The van der Waals surface area contributed by atoms with Crippen molar-refractivity contribution in [1.82, 2.24) is 10.5 Å². The van der Waals surface area contributed by atoms with Crippen LogP contribution in [0.1, 0.15) is 58.7 Å². The molecule has 0 spiro atoms. The van der Waals surface area contributed by atoms with Gasteiger partial charge in [-0.15, -0.1) is 0 Å². The highest BCUT2D eigenvalue weighted by Crippen LogP contribution is 2.19. The average Bonchev–Trinajstić information content (AvgIpc) is 2.93. The molecule has 0 aliphatic rings. The number of aromatic nitrogens is 1. The van der Waals surface area contributed by atoms with Crippen molar-refractivity contribution in [3.8, 4) is 0 Å². The first-order chi connectivity index (χ1) is 10.8. The van der Waals surface area contributed by atoms with Crippen LogP contribution in [0.3, 0.4) is 0 Å². The van der Waals surface area contributed by atoms with Gasteiger partial charge >= 0.3 is 5.97 Å². The van der Waals surface area contributed by atoms with Crippen molar-refractivity contribution in [3.05, 3.63) is 52.4 Å². The minimum atomic E-state index is -1.14. The van der Waals surface area contributed by atoms with Crippen LogP contribution in [-0.4, -0.2) is 22.1 Å². The standard InChI is InChI=1S/C17H20N2O4/c1-9(2)14-8-13(19-23-14)16(20)18-15(17(21)22)12-6-10(3)5-11(4)7-12/h5-9,15H,1-4H3,(H,18,20)(H,21,22). The van der Waals surface area contributed by atoms with Crippen LogP contribution in [-0.2, 0) is 4.79 Å². The monoisotopic (exact) mass is 316 g/mol. The van der Waals surface area contributed by atoms with Gasteiger partial charge in [0, 0.05) is 12.0 Å². The van der Waals surface area contributed by atoms with Gasteiger partial charge in [-0.25, -0.2) is 4.79 Å². The summed E-state index contributed by atoms with van der Waals surface area (Å²) >= 11 is 0. The summed E-state index contributed by atoms with van der Waals surface area (Å²) in [5.74, 6) is -1.03. The average molecular weight is 316 g/mol. The molecule has 122 valence electrons. The molecule has 0 radical (unpaired) electrons. The molecule has 0 saturated carbocycles. The quantitative estimate of drug-likeness (QED) is 0.884. The number of carboxylic acid groups (broad SMARTS) is 1. The molecular formula is C17H20N2O4. The first-order valence-corrected chi connectivity index (χ1v) is 7.36. The minimum absolute atomic E-state index is 0.0734. The van der Waals surface area contributed by atoms with Crippen molar-refractivity contribution in [2.45, 2.75) is 39.7 Å². The number of rotatable bonds is 5. The largest absolute Gasteiger partial charge is 0.479 e. The number of hydrogen-bond donors (Lipinski definition) is 2. The van der Waals surface area contributed by atoms with E-state index in [9.17, 15) is 14.7 Å². The Balaban J connectivity index is 2.25. The van der Waals surface area contributed by atoms with Gasteiger partial charge < -0.3 is 14.9 Å². The predicted molar refractivity (Wildman–Crippen MR) is 84.4 cm³/mol. The molecule has 1 atom stereocenters. The molecular weight excluding hydrogens is 296 g/mol. The molecule has 2 rings (SSSR count). The molecule has 1 aromatic carbocycles. The van der Waals surface area contributed by atoms with Gasteiger partial charge in [0.25, 0.3) is 5.91 Å². The molecule has 1 heterocycles. The maximum atomic E-state index is 12.2. The van der Waals surface area contributed by atoms with Crippen molar-refractivity contribution in [2.24, 2.45) is 0 Å². The summed E-state index contributed by atoms with van der Waals surface area (Å²) in [6.45, 7) is 7.59. The fraction of sp³-hybridized carbons (Fsp3) is 0.353. The summed E-state index contributed by atoms with van der Waals surface area (Å²) < 4.78 is 5.07. The molecule has 6 heteroatoms. The lowest BCUT2D eigenvalue weighted by atomic mass is 10.0. The number of nitrogens with zero attached hydrogens (tertiary/aromatic N) is 1. The summed E-state index contributed by atoms with van der Waals surface area (Å²) in [5.41, 5.74) is 2.47. The van der Waals surface area contributed by atoms with Crippen LogP contribution in [0.15, 0.2) is 28.8 Å². The summed E-state index contributed by atoms with van der Waals surface area (Å²) in [6.07, 6.45) is 0. The first-order valence-electron chi connectivity index (χ1n) is 7.36. The van der Waals surface area contributed by atoms with Crippen LogP contribution in [0.25, 0.3) is 0 Å². The van der Waals surface area contributed by atoms with Crippen LogP contribution in [0.5, 0.6) is 0 Å². The van der Waals surface area contributed by atoms with Gasteiger partial charge in [-0.3, -0.25) is 4.79 Å². The van der Waals surface area contributed by atoms with Crippen LogP contribution in [0.4, 0.5) is 0 Å². The van der Waals surface area contributed by atoms with E-state index in [4.69, 9.17) is 4.52 Å². The Morgan fingerprint density at radius 3 is 2.22 bits per heavy atom. The number of carbonyl (C=O) groups is 2. The Kier molecular flexibility index (Phi) is 4.83. The van der Waals surface area contributed by atoms with E-state index in [0.717, 1.165) is 11.1 Å². The highest BCUT2D eigenvalue weighted by atomic mass is 16.5. The lowest BCUT2D eigenvalue weighted by molar-refractivity contribution is -0.139. The van der Waals surface area contributed by atoms with E-state index in [1.54, 1.807) is 12.1 Å². The Morgan fingerprint density at radius 1 is 1.13 bits per heavy atom. The van der Waals surface area contributed by atoms with E-state index in [0.29, 0.717) is 11.3 Å². The number of carbonyl (C=O) groups excluding carboxylic acids is 1. The molecule has 0 fully saturated rings. The Morgan fingerprint density at radius 2 is 1.74 bits per heavy atom. The number of aliphatic carboxylic acids is 1. The number of nitrogens with one attached hydrogen (secondary N) is 1. The van der Waals surface area contributed by atoms with Crippen LogP contribution in [0, 0.1) is 13.8 Å². The van der Waals surface area contributed by atoms with E-state index < -0.39 is 17.9 Å². The second kappa shape index (κ2) is 6.64. The number of aryl methyl sites for hydroxylation is 2. The third-order valence-corrected chi connectivity index (χ3v) is 3.43. The molecule has 0 bridgehead atoms. The molecule has 0 aliphatic heterocycles. The Bertz CT molecular complexity index is 714. The minimum Gasteiger partial charge on any atom is -0.479 e. The molecule has 23 heavy (non-hydrogen) atoms. The maximum Gasteiger partial charge on any atom is 0.330 e. The van der Waals surface area contributed by atoms with E-state index in [1.165, 1.54) is 6.07 Å². The van der Waals surface area contributed by atoms with Gasteiger partial charge in [0.2, 0.25) is 0 Å². The highest BCUT2D eigenvalue weighted by molar-refractivity contribution is 5.95. The summed E-state index contributed by atoms with van der Waals surface area (Å²) in [4.78, 5) is 23.8. The molecule has 0 aliphatic carbocycles. The SMILES string of the molecule is Cc1cc(C)cc(C(NC(=O)c2cc(C(C)C)on2)C(=O)O)c1. The smallest absolute Gasteiger partial charge is 0.330 e. The van der Waals surface area contributed by atoms with Crippen LogP contribution < -0.4 is 5.32 Å². The third-order valence-electron chi connectivity index (χ3n) is 3.43. The Labute approximate surface area is 134 Å². The molecule has 6 nitrogen and oxygen atoms in total. The molecule has 0 saturated heterocycles. The van der Waals surface area contributed by atoms with Crippen molar-refractivity contribution in [1.29, 1.82) is 0 Å². The van der Waals surface area contributed by atoms with Gasteiger partial charge in [-0.05, 0) is 19.4 Å². The van der Waals surface area contributed by atoms with E-state index in [2.05, 4.69) is 10.5 Å². The van der Waals surface area contributed by atoms with Crippen molar-refractivity contribution >= 4 is 11.9 Å². The highest BCUT2D eigenvalue weighted by Gasteiger charge is 2.25. The molecule has 1 unspecified atom stereocenters. The fourth-order valence-electron chi connectivity index (χ4n) is 2.34. The van der Waals surface area contributed by atoms with E-state index >= 15 is 0 Å². The molecule has 2 aromatic rings. The van der Waals surface area contributed by atoms with E-state index in [-0.39, 0.29) is 11.6 Å². The van der Waals surface area contributed by atoms with Gasteiger partial charge in [-0.2, -0.15) is 0 Å². The predicted octanol–water partition coefficient (Wildman–Crippen LogP) is 2.97. The van der Waals surface area contributed by atoms with Crippen molar-refractivity contribution in [2.75, 3.05) is 0 Å². The van der Waals surface area contributed by atoms with Gasteiger partial charge in [0.15, 0.2) is 11.7 Å². The third kappa shape index (κ3) is 3.97. The number of carboxylic acids is 1. The summed E-state index contributed by atoms with van der Waals surface area (Å²) in [7, 11) is 0. The topological polar surface area (TPSA) is 92.4 Å². The molecule has 1 amide bonds. The lowest BCUT2D eigenvalue weighted by Gasteiger charge is -2.15. The fourth-order valence-corrected chi connectivity index (χ4v) is 2.34. The first kappa shape index (κ1) is 16.7. The zero-order chi connectivity index (χ0) is 17.1. The lowest BCUT2D eigenvalue weighted by Crippen LogP contribution is -2.34. The van der Waals surface area contributed by atoms with Crippen LogP contribution in [0.2, 0.25) is 0 Å². The number of amides is 1. The summed E-state index contributed by atoms with van der Waals surface area (Å²) in [6, 6.07) is 5.82. The van der Waals surface area contributed by atoms with Gasteiger partial charge in [0.05, 0.1) is 0 Å². The van der Waals surface area contributed by atoms with Crippen LogP contribution >= 0.6 is 0 Å². The van der Waals surface area contributed by atoms with E-state index in [1.807, 2.05) is 33.8 Å². The second-order valence-corrected chi connectivity index (χ2v) is 5.93. The van der Waals surface area contributed by atoms with Gasteiger partial charge in [-0.1, -0.05) is 48.3 Å². The maximum absolute atomic E-state index is 12.2. The van der Waals surface area contributed by atoms with Gasteiger partial charge in [0.1, 0.15) is 5.76 Å². The normalized spacial score (nSPS) is 12.2. The molecule has 2 N–H and O–H groups in total. The Hall–Kier alpha value is -2.63. The second-order valence-electron chi connectivity index (χ2n) is 5.93. The van der Waals surface area contributed by atoms with Crippen molar-refractivity contribution < 1.29 is 19.2 Å². The number of hydrogen-bond acceptors (Lipinski definition) is 4. The zero-order valence-electron chi connectivity index (χ0n) is 13.6. The van der Waals surface area contributed by atoms with Crippen molar-refractivity contribution in [3.63, 3.8) is 0 Å².